The van der Waals surface area contributed by atoms with E-state index in [1.807, 2.05) is 83.7 Å². The van der Waals surface area contributed by atoms with Crippen LogP contribution in [0, 0.1) is 0 Å². The molecule has 1 aromatic heterocycles. The maximum atomic E-state index is 6.19. The fourth-order valence-electron chi connectivity index (χ4n) is 3.76. The van der Waals surface area contributed by atoms with E-state index < -0.39 is 7.12 Å². The summed E-state index contributed by atoms with van der Waals surface area (Å²) in [7, 11) is -0.394. The molecule has 0 bridgehead atoms. The molecule has 1 fully saturated rings. The van der Waals surface area contributed by atoms with Gasteiger partial charge in [-0.15, -0.1) is 0 Å². The third-order valence-corrected chi connectivity index (χ3v) is 6.46. The Kier molecular flexibility index (Phi) is 5.35. The van der Waals surface area contributed by atoms with Gasteiger partial charge in [0.1, 0.15) is 5.69 Å². The van der Waals surface area contributed by atoms with Gasteiger partial charge in [-0.25, -0.2) is 4.98 Å². The highest BCUT2D eigenvalue weighted by molar-refractivity contribution is 6.62. The number of rotatable bonds is 4. The van der Waals surface area contributed by atoms with Crippen LogP contribution in [0.5, 0.6) is 0 Å². The molecule has 164 valence electrons. The van der Waals surface area contributed by atoms with E-state index in [2.05, 4.69) is 39.8 Å². The number of hydrogen-bond acceptors (Lipinski definition) is 4. The third kappa shape index (κ3) is 4.20. The summed E-state index contributed by atoms with van der Waals surface area (Å²) in [6, 6.07) is 28.4. The van der Waals surface area contributed by atoms with Crippen LogP contribution in [0.1, 0.15) is 27.7 Å². The van der Waals surface area contributed by atoms with Gasteiger partial charge in [-0.2, -0.15) is 0 Å². The standard InChI is InChI=1S/C27H27BN3O2/c1-26(2)27(3,4)33-28(32-26)22-17-15-21(16-18-22)25-29-24(20-11-7-5-8-12-20)19-31(30-25)23-13-9-6-10-14-23/h5-19H,1-4H3/q+1. The summed E-state index contributed by atoms with van der Waals surface area (Å²) in [4.78, 5) is 4.88. The van der Waals surface area contributed by atoms with E-state index in [0.717, 1.165) is 28.0 Å². The van der Waals surface area contributed by atoms with Crippen molar-refractivity contribution < 1.29 is 14.0 Å². The molecule has 0 radical (unpaired) electrons. The van der Waals surface area contributed by atoms with Gasteiger partial charge in [0.15, 0.2) is 0 Å². The summed E-state index contributed by atoms with van der Waals surface area (Å²) in [6.07, 6.45) is 1.97. The number of para-hydroxylation sites is 1. The summed E-state index contributed by atoms with van der Waals surface area (Å²) >= 11 is 0. The monoisotopic (exact) mass is 436 g/mol. The molecule has 0 saturated carbocycles. The fraction of sp³-hybridized carbons (Fsp3) is 0.222. The smallest absolute Gasteiger partial charge is 0.399 e. The number of nitrogens with zero attached hydrogens (tertiary/aromatic N) is 3. The Hall–Kier alpha value is -3.35. The van der Waals surface area contributed by atoms with Crippen LogP contribution in [0.15, 0.2) is 91.1 Å². The van der Waals surface area contributed by atoms with Crippen LogP contribution < -0.4 is 10.1 Å². The molecule has 0 amide bonds. The Morgan fingerprint density at radius 2 is 1.27 bits per heavy atom. The average Bonchev–Trinajstić information content (AvgIpc) is 3.07. The zero-order chi connectivity index (χ0) is 23.1. The van der Waals surface area contributed by atoms with Crippen LogP contribution in [0.2, 0.25) is 0 Å². The Balaban J connectivity index is 1.52. The van der Waals surface area contributed by atoms with E-state index in [9.17, 15) is 0 Å². The predicted octanol–water partition coefficient (Wildman–Crippen LogP) is 4.39. The molecule has 3 aromatic carbocycles. The summed E-state index contributed by atoms with van der Waals surface area (Å²) in [6.45, 7) is 8.25. The second-order valence-electron chi connectivity index (χ2n) is 9.31. The van der Waals surface area contributed by atoms with Crippen molar-refractivity contribution >= 4 is 12.6 Å². The van der Waals surface area contributed by atoms with Crippen molar-refractivity contribution in [3.05, 3.63) is 91.1 Å². The Labute approximate surface area is 195 Å². The molecule has 0 N–H and O–H groups in total. The largest absolute Gasteiger partial charge is 0.494 e. The molecular weight excluding hydrogens is 409 g/mol. The van der Waals surface area contributed by atoms with Crippen LogP contribution in [0.4, 0.5) is 0 Å². The van der Waals surface area contributed by atoms with Crippen molar-refractivity contribution in [2.75, 3.05) is 0 Å². The van der Waals surface area contributed by atoms with E-state index in [4.69, 9.17) is 19.4 Å². The molecule has 1 aliphatic heterocycles. The molecule has 1 saturated heterocycles. The number of aromatic nitrogens is 3. The second-order valence-corrected chi connectivity index (χ2v) is 9.31. The first-order chi connectivity index (χ1) is 15.8. The molecule has 5 nitrogen and oxygen atoms in total. The van der Waals surface area contributed by atoms with Crippen LogP contribution >= 0.6 is 0 Å². The Bertz CT molecular complexity index is 1190. The summed E-state index contributed by atoms with van der Waals surface area (Å²) in [5.74, 6) is 0.653. The van der Waals surface area contributed by atoms with E-state index in [1.165, 1.54) is 0 Å². The topological polar surface area (TPSA) is 48.1 Å². The van der Waals surface area contributed by atoms with Gasteiger partial charge in [0, 0.05) is 28.4 Å². The van der Waals surface area contributed by atoms with Crippen molar-refractivity contribution in [2.24, 2.45) is 0 Å². The first-order valence-electron chi connectivity index (χ1n) is 11.2. The Morgan fingerprint density at radius 1 is 0.697 bits per heavy atom. The second kappa shape index (κ2) is 8.21. The molecule has 0 spiro atoms. The lowest BCUT2D eigenvalue weighted by atomic mass is 9.79. The van der Waals surface area contributed by atoms with Crippen molar-refractivity contribution in [1.29, 1.82) is 0 Å². The maximum absolute atomic E-state index is 6.19. The quantitative estimate of drug-likeness (QED) is 0.352. The lowest BCUT2D eigenvalue weighted by molar-refractivity contribution is -0.658. The SMILES string of the molecule is CC1(C)OB(c2ccc(-c3nc(-c4ccccc4)c[n+](-c4ccccc4)n3)cc2)OC1(C)C. The van der Waals surface area contributed by atoms with Crippen molar-refractivity contribution in [3.8, 4) is 28.3 Å². The van der Waals surface area contributed by atoms with Gasteiger partial charge in [-0.05, 0) is 37.8 Å². The lowest BCUT2D eigenvalue weighted by Crippen LogP contribution is -2.41. The van der Waals surface area contributed by atoms with Gasteiger partial charge in [0.05, 0.1) is 11.2 Å². The minimum Gasteiger partial charge on any atom is -0.399 e. The normalized spacial score (nSPS) is 16.7. The predicted molar refractivity (Wildman–Crippen MR) is 130 cm³/mol. The fourth-order valence-corrected chi connectivity index (χ4v) is 3.76. The molecule has 4 aromatic rings. The lowest BCUT2D eigenvalue weighted by Gasteiger charge is -2.32. The molecule has 0 atom stereocenters. The minimum atomic E-state index is -0.394. The molecule has 5 rings (SSSR count). The van der Waals surface area contributed by atoms with Gasteiger partial charge < -0.3 is 9.31 Å². The van der Waals surface area contributed by atoms with E-state index in [-0.39, 0.29) is 11.2 Å². The zero-order valence-corrected chi connectivity index (χ0v) is 19.4. The van der Waals surface area contributed by atoms with Crippen molar-refractivity contribution in [3.63, 3.8) is 0 Å². The third-order valence-electron chi connectivity index (χ3n) is 6.46. The summed E-state index contributed by atoms with van der Waals surface area (Å²) in [5.41, 5.74) is 4.05. The molecule has 33 heavy (non-hydrogen) atoms. The van der Waals surface area contributed by atoms with Crippen LogP contribution in [-0.2, 0) is 9.31 Å². The molecule has 6 heteroatoms. The first-order valence-corrected chi connectivity index (χ1v) is 11.2. The summed E-state index contributed by atoms with van der Waals surface area (Å²) < 4.78 is 14.3. The molecule has 0 unspecified atom stereocenters. The highest BCUT2D eigenvalue weighted by atomic mass is 16.7. The van der Waals surface area contributed by atoms with Gasteiger partial charge in [0.25, 0.3) is 0 Å². The van der Waals surface area contributed by atoms with Crippen LogP contribution in [0.3, 0.4) is 0 Å². The van der Waals surface area contributed by atoms with E-state index in [1.54, 1.807) is 0 Å². The van der Waals surface area contributed by atoms with Crippen LogP contribution in [0.25, 0.3) is 28.3 Å². The average molecular weight is 436 g/mol. The number of hydrogen-bond donors (Lipinski definition) is 0. The highest BCUT2D eigenvalue weighted by Crippen LogP contribution is 2.36. The minimum absolute atomic E-state index is 0.370. The molecule has 2 heterocycles. The van der Waals surface area contributed by atoms with Gasteiger partial charge >= 0.3 is 7.12 Å². The van der Waals surface area contributed by atoms with Gasteiger partial charge in [-0.3, -0.25) is 0 Å². The highest BCUT2D eigenvalue weighted by Gasteiger charge is 2.51. The van der Waals surface area contributed by atoms with Gasteiger partial charge in [0.2, 0.25) is 17.7 Å². The molecule has 0 aliphatic carbocycles. The van der Waals surface area contributed by atoms with E-state index >= 15 is 0 Å². The first kappa shape index (κ1) is 21.5. The zero-order valence-electron chi connectivity index (χ0n) is 19.4. The van der Waals surface area contributed by atoms with Crippen molar-refractivity contribution in [2.45, 2.75) is 38.9 Å². The van der Waals surface area contributed by atoms with Crippen molar-refractivity contribution in [1.82, 2.24) is 10.1 Å². The summed E-state index contributed by atoms with van der Waals surface area (Å²) in [5, 5.41) is 4.82. The maximum Gasteiger partial charge on any atom is 0.494 e. The van der Waals surface area contributed by atoms with E-state index in [0.29, 0.717) is 5.82 Å². The Morgan fingerprint density at radius 3 is 1.88 bits per heavy atom. The number of benzene rings is 3. The van der Waals surface area contributed by atoms with Gasteiger partial charge in [-0.1, -0.05) is 72.8 Å². The molecular formula is C27H27BN3O2+. The molecule has 1 aliphatic rings. The van der Waals surface area contributed by atoms with Crippen LogP contribution in [-0.4, -0.2) is 28.4 Å².